The Balaban J connectivity index is 0.000000162. The highest BCUT2D eigenvalue weighted by atomic mass is 35.5. The number of nitrogens with zero attached hydrogens (tertiary/aromatic N) is 5. The molecule has 8 heteroatoms. The molecule has 0 unspecified atom stereocenters. The van der Waals surface area contributed by atoms with Crippen molar-refractivity contribution in [3.63, 3.8) is 0 Å². The van der Waals surface area contributed by atoms with E-state index in [0.29, 0.717) is 5.02 Å². The van der Waals surface area contributed by atoms with Gasteiger partial charge in [-0.15, -0.1) is 0 Å². The lowest BCUT2D eigenvalue weighted by atomic mass is 10.1. The second-order valence-electron chi connectivity index (χ2n) is 12.3. The Morgan fingerprint density at radius 1 is 0.538 bits per heavy atom. The average Bonchev–Trinajstić information content (AvgIpc) is 3.80. The van der Waals surface area contributed by atoms with Gasteiger partial charge in [0.15, 0.2) is 0 Å². The molecule has 0 aliphatic rings. The van der Waals surface area contributed by atoms with Crippen molar-refractivity contribution in [1.29, 1.82) is 0 Å². The number of aromatic nitrogens is 6. The van der Waals surface area contributed by atoms with Gasteiger partial charge in [0, 0.05) is 74.8 Å². The van der Waals surface area contributed by atoms with Gasteiger partial charge in [-0.2, -0.15) is 0 Å². The number of aromatic amines is 1. The fourth-order valence-corrected chi connectivity index (χ4v) is 6.54. The molecule has 8 aromatic rings. The van der Waals surface area contributed by atoms with Crippen LogP contribution in [0, 0.1) is 13.8 Å². The zero-order valence-corrected chi connectivity index (χ0v) is 30.6. The fourth-order valence-electron chi connectivity index (χ4n) is 6.29. The summed E-state index contributed by atoms with van der Waals surface area (Å²) in [7, 11) is 0. The van der Waals surface area contributed by atoms with E-state index in [2.05, 4.69) is 88.8 Å². The Kier molecular flexibility index (Phi) is 10.4. The molecule has 0 bridgehead atoms. The van der Waals surface area contributed by atoms with Crippen molar-refractivity contribution in [2.45, 2.75) is 27.3 Å². The number of pyridine rings is 2. The topological polar surface area (TPSA) is 72.3 Å². The Morgan fingerprint density at radius 3 is 1.60 bits per heavy atom. The monoisotopic (exact) mass is 718 g/mol. The van der Waals surface area contributed by atoms with E-state index in [9.17, 15) is 0 Å². The molecular formula is C44H36Cl2N6. The van der Waals surface area contributed by atoms with Gasteiger partial charge in [-0.3, -0.25) is 9.97 Å². The number of rotatable bonds is 7. The van der Waals surface area contributed by atoms with Crippen molar-refractivity contribution in [2.24, 2.45) is 0 Å². The molecule has 0 saturated heterocycles. The molecule has 4 aromatic heterocycles. The molecule has 256 valence electrons. The van der Waals surface area contributed by atoms with Crippen molar-refractivity contribution in [2.75, 3.05) is 0 Å². The zero-order valence-electron chi connectivity index (χ0n) is 29.1. The van der Waals surface area contributed by atoms with Crippen LogP contribution in [0.5, 0.6) is 0 Å². The molecule has 4 aromatic carbocycles. The smallest absolute Gasteiger partial charge is 0.141 e. The van der Waals surface area contributed by atoms with E-state index in [1.54, 1.807) is 24.8 Å². The van der Waals surface area contributed by atoms with Crippen LogP contribution in [0.2, 0.25) is 10.0 Å². The van der Waals surface area contributed by atoms with Gasteiger partial charge in [0.25, 0.3) is 0 Å². The quantitative estimate of drug-likeness (QED) is 0.178. The van der Waals surface area contributed by atoms with Crippen LogP contribution in [-0.4, -0.2) is 29.5 Å². The molecule has 0 radical (unpaired) electrons. The van der Waals surface area contributed by atoms with Gasteiger partial charge >= 0.3 is 0 Å². The average molecular weight is 720 g/mol. The summed E-state index contributed by atoms with van der Waals surface area (Å²) in [5.41, 5.74) is 12.8. The highest BCUT2D eigenvalue weighted by molar-refractivity contribution is 6.31. The molecule has 0 atom stereocenters. The molecule has 0 aliphatic carbocycles. The second-order valence-corrected chi connectivity index (χ2v) is 13.2. The minimum Gasteiger partial charge on any atom is -0.337 e. The highest BCUT2D eigenvalue weighted by Crippen LogP contribution is 2.38. The lowest BCUT2D eigenvalue weighted by Gasteiger charge is -2.12. The summed E-state index contributed by atoms with van der Waals surface area (Å²) in [5, 5.41) is 1.44. The summed E-state index contributed by atoms with van der Waals surface area (Å²) in [6.07, 6.45) is 7.18. The van der Waals surface area contributed by atoms with Gasteiger partial charge in [-0.1, -0.05) is 96.0 Å². The van der Waals surface area contributed by atoms with E-state index in [1.807, 2.05) is 72.8 Å². The van der Waals surface area contributed by atoms with Crippen LogP contribution in [0.4, 0.5) is 0 Å². The molecule has 0 fully saturated rings. The molecule has 8 rings (SSSR count). The molecule has 0 spiro atoms. The van der Waals surface area contributed by atoms with Crippen molar-refractivity contribution >= 4 is 23.2 Å². The number of hydrogen-bond acceptors (Lipinski definition) is 4. The van der Waals surface area contributed by atoms with E-state index in [4.69, 9.17) is 33.2 Å². The number of hydrogen-bond donors (Lipinski definition) is 1. The number of halogens is 2. The summed E-state index contributed by atoms with van der Waals surface area (Å²) in [6, 6.07) is 40.3. The van der Waals surface area contributed by atoms with Crippen LogP contribution >= 0.6 is 23.2 Å². The second kappa shape index (κ2) is 15.6. The number of nitrogens with one attached hydrogen (secondary N) is 1. The van der Waals surface area contributed by atoms with E-state index in [-0.39, 0.29) is 0 Å². The van der Waals surface area contributed by atoms with Crippen molar-refractivity contribution < 1.29 is 0 Å². The molecule has 1 N–H and O–H groups in total. The summed E-state index contributed by atoms with van der Waals surface area (Å²) < 4.78 is 2.28. The van der Waals surface area contributed by atoms with Crippen LogP contribution < -0.4 is 0 Å². The van der Waals surface area contributed by atoms with Gasteiger partial charge in [-0.25, -0.2) is 9.97 Å². The third kappa shape index (κ3) is 7.31. The number of imidazole rings is 2. The standard InChI is InChI=1S/C23H20ClN3.C21H16ClN3/c1-3-27-22(18-8-10-19(24)11-9-18)21(17-12-14-25-15-13-17)26-23(27)20-7-5-4-6-16(20)2;1-14-4-2-3-5-18(14)21-24-19(15-6-8-17(22)9-7-15)20(25-21)16-10-12-23-13-11-16/h4-15H,3H2,1-2H3;2-13H,1H3,(H,24,25). The van der Waals surface area contributed by atoms with E-state index in [0.717, 1.165) is 79.4 Å². The molecule has 6 nitrogen and oxygen atoms in total. The third-order valence-corrected chi connectivity index (χ3v) is 9.44. The van der Waals surface area contributed by atoms with Gasteiger partial charge in [-0.05, 0) is 80.4 Å². The van der Waals surface area contributed by atoms with Crippen LogP contribution in [-0.2, 0) is 6.54 Å². The largest absolute Gasteiger partial charge is 0.337 e. The van der Waals surface area contributed by atoms with Crippen LogP contribution in [0.3, 0.4) is 0 Å². The molecule has 0 saturated carbocycles. The van der Waals surface area contributed by atoms with E-state index in [1.165, 1.54) is 11.1 Å². The van der Waals surface area contributed by atoms with Crippen LogP contribution in [0.25, 0.3) is 67.8 Å². The molecule has 0 amide bonds. The van der Waals surface area contributed by atoms with Gasteiger partial charge in [0.2, 0.25) is 0 Å². The van der Waals surface area contributed by atoms with E-state index < -0.39 is 0 Å². The fraction of sp³-hybridized carbons (Fsp3) is 0.0909. The first-order valence-corrected chi connectivity index (χ1v) is 17.8. The Morgan fingerprint density at radius 2 is 1.04 bits per heavy atom. The summed E-state index contributed by atoms with van der Waals surface area (Å²) in [5.74, 6) is 1.84. The lowest BCUT2D eigenvalue weighted by molar-refractivity contribution is 0.777. The maximum absolute atomic E-state index is 6.12. The Bertz CT molecular complexity index is 2420. The van der Waals surface area contributed by atoms with E-state index >= 15 is 0 Å². The number of H-pyrrole nitrogens is 1. The zero-order chi connectivity index (χ0) is 36.0. The first-order valence-electron chi connectivity index (χ1n) is 17.1. The predicted molar refractivity (Wildman–Crippen MR) is 214 cm³/mol. The number of benzene rings is 4. The SMILES string of the molecule is CCn1c(-c2ccccc2C)nc(-c2ccncc2)c1-c1ccc(Cl)cc1.Cc1ccccc1-c1nc(-c2ccc(Cl)cc2)c(-c2ccncc2)[nH]1. The molecular weight excluding hydrogens is 683 g/mol. The van der Waals surface area contributed by atoms with Crippen LogP contribution in [0.15, 0.2) is 146 Å². The maximum atomic E-state index is 6.12. The minimum absolute atomic E-state index is 0.712. The summed E-state index contributed by atoms with van der Waals surface area (Å²) in [6.45, 7) is 7.18. The first-order chi connectivity index (χ1) is 25.4. The highest BCUT2D eigenvalue weighted by Gasteiger charge is 2.21. The maximum Gasteiger partial charge on any atom is 0.141 e. The van der Waals surface area contributed by atoms with Crippen LogP contribution in [0.1, 0.15) is 18.1 Å². The molecule has 4 heterocycles. The summed E-state index contributed by atoms with van der Waals surface area (Å²) in [4.78, 5) is 21.7. The normalized spacial score (nSPS) is 10.9. The predicted octanol–water partition coefficient (Wildman–Crippen LogP) is 12.0. The summed E-state index contributed by atoms with van der Waals surface area (Å²) >= 11 is 12.2. The molecule has 0 aliphatic heterocycles. The van der Waals surface area contributed by atoms with Gasteiger partial charge in [0.05, 0.1) is 22.8 Å². The number of aryl methyl sites for hydroxylation is 2. The van der Waals surface area contributed by atoms with Crippen molar-refractivity contribution in [3.05, 3.63) is 167 Å². The van der Waals surface area contributed by atoms with Gasteiger partial charge < -0.3 is 9.55 Å². The minimum atomic E-state index is 0.712. The Hall–Kier alpha value is -5.82. The molecule has 52 heavy (non-hydrogen) atoms. The van der Waals surface area contributed by atoms with Crippen molar-refractivity contribution in [1.82, 2.24) is 29.5 Å². The Labute approximate surface area is 313 Å². The van der Waals surface area contributed by atoms with Gasteiger partial charge in [0.1, 0.15) is 11.6 Å². The lowest BCUT2D eigenvalue weighted by Crippen LogP contribution is -2.01. The van der Waals surface area contributed by atoms with Crippen molar-refractivity contribution in [3.8, 4) is 67.8 Å². The third-order valence-electron chi connectivity index (χ3n) is 8.93. The first kappa shape index (κ1) is 34.6.